The van der Waals surface area contributed by atoms with Gasteiger partial charge in [0.1, 0.15) is 0 Å². The molecule has 0 saturated carbocycles. The summed E-state index contributed by atoms with van der Waals surface area (Å²) in [4.78, 5) is 0. The van der Waals surface area contributed by atoms with E-state index in [0.29, 0.717) is 0 Å². The number of hydrogen-bond donors (Lipinski definition) is 0. The van der Waals surface area contributed by atoms with Gasteiger partial charge in [-0.3, -0.25) is 0 Å². The van der Waals surface area contributed by atoms with Crippen LogP contribution in [0.25, 0.3) is 0 Å². The first-order valence-electron chi connectivity index (χ1n) is 11.0. The predicted molar refractivity (Wildman–Crippen MR) is 109 cm³/mol. The van der Waals surface area contributed by atoms with Crippen LogP contribution < -0.4 is 0 Å². The van der Waals surface area contributed by atoms with Crippen LogP contribution in [-0.2, 0) is 0 Å². The summed E-state index contributed by atoms with van der Waals surface area (Å²) >= 11 is 0. The fourth-order valence-corrected chi connectivity index (χ4v) is 3.63. The number of hydrogen-bond acceptors (Lipinski definition) is 1. The van der Waals surface area contributed by atoms with Crippen LogP contribution in [0.4, 0.5) is 0 Å². The van der Waals surface area contributed by atoms with Gasteiger partial charge < -0.3 is 9.96 Å². The van der Waals surface area contributed by atoms with Crippen LogP contribution in [0, 0.1) is 0 Å². The second-order valence-corrected chi connectivity index (χ2v) is 8.03. The smallest absolute Gasteiger partial charge is 0.0784 e. The highest BCUT2D eigenvalue weighted by atomic mass is 16.0. The fraction of sp³-hybridized carbons (Fsp3) is 1.00. The van der Waals surface area contributed by atoms with Crippen molar-refractivity contribution in [3.8, 4) is 0 Å². The molecule has 0 atom stereocenters. The van der Waals surface area contributed by atoms with Crippen LogP contribution in [0.15, 0.2) is 0 Å². The molecule has 0 unspecified atom stereocenters. The Balaban J connectivity index is 0. The van der Waals surface area contributed by atoms with Crippen molar-refractivity contribution >= 4 is 0 Å². The fourth-order valence-electron chi connectivity index (χ4n) is 3.63. The van der Waals surface area contributed by atoms with Gasteiger partial charge in [0.15, 0.2) is 0 Å². The van der Waals surface area contributed by atoms with Gasteiger partial charge in [0.2, 0.25) is 0 Å². The Bertz CT molecular complexity index is 194. The molecule has 0 aromatic carbocycles. The average molecular weight is 344 g/mol. The number of nitrogens with zero attached hydrogens (tertiary/aromatic N) is 1. The van der Waals surface area contributed by atoms with Crippen molar-refractivity contribution in [3.05, 3.63) is 0 Å². The highest BCUT2D eigenvalue weighted by Crippen LogP contribution is 2.15. The molecule has 1 N–H and O–H groups in total. The molecule has 0 fully saturated rings. The summed E-state index contributed by atoms with van der Waals surface area (Å²) in [5.41, 5.74) is 0. The summed E-state index contributed by atoms with van der Waals surface area (Å²) in [6.45, 7) is 11.2. The Kier molecular flexibility index (Phi) is 21.0. The lowest BCUT2D eigenvalue weighted by Gasteiger charge is -2.35. The monoisotopic (exact) mass is 343 g/mol. The molecule has 0 saturated heterocycles. The summed E-state index contributed by atoms with van der Waals surface area (Å²) in [6.07, 6.45) is 21.4. The Labute approximate surface area is 154 Å². The zero-order valence-corrected chi connectivity index (χ0v) is 17.6. The standard InChI is InChI=1S/C22H48N.H2O/c1-5-8-11-14-17-20-23(4,21-18-15-12-9-6-2)22-19-16-13-10-7-3;/h5-22H2,1-4H3;1H2/q+1;/p-1. The second-order valence-electron chi connectivity index (χ2n) is 8.03. The Hall–Kier alpha value is -0.0800. The van der Waals surface area contributed by atoms with E-state index in [2.05, 4.69) is 27.8 Å². The van der Waals surface area contributed by atoms with Crippen molar-refractivity contribution in [1.82, 2.24) is 0 Å². The molecule has 0 aliphatic heterocycles. The topological polar surface area (TPSA) is 30.0 Å². The summed E-state index contributed by atoms with van der Waals surface area (Å²) in [5, 5.41) is 0. The Morgan fingerprint density at radius 2 is 0.667 bits per heavy atom. The molecule has 0 radical (unpaired) electrons. The lowest BCUT2D eigenvalue weighted by atomic mass is 10.1. The molecule has 0 bridgehead atoms. The van der Waals surface area contributed by atoms with Crippen LogP contribution in [0.2, 0.25) is 0 Å². The molecule has 0 aromatic rings. The molecule has 0 aromatic heterocycles. The third-order valence-electron chi connectivity index (χ3n) is 5.40. The Morgan fingerprint density at radius 3 is 0.917 bits per heavy atom. The van der Waals surface area contributed by atoms with Crippen molar-refractivity contribution in [2.75, 3.05) is 26.7 Å². The quantitative estimate of drug-likeness (QED) is 0.192. The first-order chi connectivity index (χ1) is 11.2. The van der Waals surface area contributed by atoms with E-state index in [0.717, 1.165) is 0 Å². The molecule has 0 spiro atoms. The minimum absolute atomic E-state index is 0. The van der Waals surface area contributed by atoms with Gasteiger partial charge >= 0.3 is 0 Å². The van der Waals surface area contributed by atoms with Crippen LogP contribution in [0.1, 0.15) is 117 Å². The van der Waals surface area contributed by atoms with Crippen LogP contribution in [0.3, 0.4) is 0 Å². The normalized spacial score (nSPS) is 11.5. The maximum absolute atomic E-state index is 2.54. The molecule has 2 nitrogen and oxygen atoms in total. The molecule has 0 heterocycles. The van der Waals surface area contributed by atoms with E-state index in [1.54, 1.807) is 0 Å². The van der Waals surface area contributed by atoms with Crippen molar-refractivity contribution in [2.24, 2.45) is 0 Å². The number of quaternary nitrogens is 1. The van der Waals surface area contributed by atoms with E-state index in [9.17, 15) is 0 Å². The molecular weight excluding hydrogens is 294 g/mol. The summed E-state index contributed by atoms with van der Waals surface area (Å²) in [7, 11) is 2.54. The molecule has 0 amide bonds. The zero-order valence-electron chi connectivity index (χ0n) is 17.6. The van der Waals surface area contributed by atoms with Crippen molar-refractivity contribution in [1.29, 1.82) is 0 Å². The molecule has 2 heteroatoms. The van der Waals surface area contributed by atoms with E-state index in [1.165, 1.54) is 120 Å². The lowest BCUT2D eigenvalue weighted by Crippen LogP contribution is -2.46. The Morgan fingerprint density at radius 1 is 0.417 bits per heavy atom. The maximum atomic E-state index is 2.54. The van der Waals surface area contributed by atoms with Gasteiger partial charge in [0.25, 0.3) is 0 Å². The third-order valence-corrected chi connectivity index (χ3v) is 5.40. The minimum atomic E-state index is 0. The zero-order chi connectivity index (χ0) is 17.2. The second kappa shape index (κ2) is 19.2. The van der Waals surface area contributed by atoms with Crippen molar-refractivity contribution in [3.63, 3.8) is 0 Å². The van der Waals surface area contributed by atoms with Gasteiger partial charge in [-0.2, -0.15) is 0 Å². The average Bonchev–Trinajstić information content (AvgIpc) is 2.54. The summed E-state index contributed by atoms with van der Waals surface area (Å²) < 4.78 is 1.35. The highest BCUT2D eigenvalue weighted by molar-refractivity contribution is 4.50. The van der Waals surface area contributed by atoms with E-state index < -0.39 is 0 Å². The van der Waals surface area contributed by atoms with E-state index in [1.807, 2.05) is 0 Å². The first kappa shape index (κ1) is 26.2. The molecule has 0 aliphatic rings. The molecule has 24 heavy (non-hydrogen) atoms. The first-order valence-corrected chi connectivity index (χ1v) is 11.0. The molecule has 0 aliphatic carbocycles. The van der Waals surface area contributed by atoms with Gasteiger partial charge in [0, 0.05) is 0 Å². The van der Waals surface area contributed by atoms with E-state index in [4.69, 9.17) is 0 Å². The van der Waals surface area contributed by atoms with E-state index >= 15 is 0 Å². The number of rotatable bonds is 18. The minimum Gasteiger partial charge on any atom is -0.870 e. The van der Waals surface area contributed by atoms with Crippen LogP contribution in [-0.4, -0.2) is 36.6 Å². The van der Waals surface area contributed by atoms with Gasteiger partial charge in [-0.25, -0.2) is 0 Å². The molecule has 0 rings (SSSR count). The SMILES string of the molecule is CCCCCCC[N+](C)(CCCCCCC)CCCCCCC.[OH-]. The van der Waals surface area contributed by atoms with Crippen LogP contribution in [0.5, 0.6) is 0 Å². The predicted octanol–water partition coefficient (Wildman–Crippen LogP) is 7.17. The largest absolute Gasteiger partial charge is 0.870 e. The molecular formula is C22H49NO. The van der Waals surface area contributed by atoms with Gasteiger partial charge in [-0.05, 0) is 38.5 Å². The maximum Gasteiger partial charge on any atom is 0.0784 e. The van der Waals surface area contributed by atoms with Gasteiger partial charge in [0.05, 0.1) is 26.7 Å². The van der Waals surface area contributed by atoms with Crippen molar-refractivity contribution < 1.29 is 9.96 Å². The summed E-state index contributed by atoms with van der Waals surface area (Å²) in [5.74, 6) is 0. The molecule has 148 valence electrons. The van der Waals surface area contributed by atoms with Gasteiger partial charge in [-0.1, -0.05) is 78.6 Å². The van der Waals surface area contributed by atoms with Crippen LogP contribution >= 0.6 is 0 Å². The third kappa shape index (κ3) is 16.8. The lowest BCUT2D eigenvalue weighted by molar-refractivity contribution is -0.910. The van der Waals surface area contributed by atoms with Crippen molar-refractivity contribution in [2.45, 2.75) is 117 Å². The highest BCUT2D eigenvalue weighted by Gasteiger charge is 2.19. The number of unbranched alkanes of at least 4 members (excludes halogenated alkanes) is 12. The summed E-state index contributed by atoms with van der Waals surface area (Å²) in [6, 6.07) is 0. The van der Waals surface area contributed by atoms with Gasteiger partial charge in [-0.15, -0.1) is 0 Å². The van der Waals surface area contributed by atoms with E-state index in [-0.39, 0.29) is 5.48 Å².